The van der Waals surface area contributed by atoms with E-state index in [1.165, 1.54) is 17.4 Å². The van der Waals surface area contributed by atoms with Crippen LogP contribution in [-0.4, -0.2) is 61.6 Å². The Balaban J connectivity index is 1.71. The third-order valence-electron chi connectivity index (χ3n) is 5.92. The van der Waals surface area contributed by atoms with Crippen LogP contribution in [0.15, 0.2) is 35.7 Å². The van der Waals surface area contributed by atoms with E-state index in [2.05, 4.69) is 37.4 Å². The molecule has 6 nitrogen and oxygen atoms in total. The first-order valence-corrected chi connectivity index (χ1v) is 12.1. The second kappa shape index (κ2) is 11.5. The Morgan fingerprint density at radius 1 is 1.22 bits per heavy atom. The monoisotopic (exact) mass is 458 g/mol. The Hall–Kier alpha value is -2.38. The number of methoxy groups -OCH3 is 1. The number of hydrogen-bond acceptors (Lipinski definition) is 5. The Kier molecular flexibility index (Phi) is 8.70. The van der Waals surface area contributed by atoms with Crippen LogP contribution >= 0.6 is 11.3 Å². The lowest BCUT2D eigenvalue weighted by molar-refractivity contribution is -0.142. The van der Waals surface area contributed by atoms with E-state index in [1.807, 2.05) is 17.0 Å². The van der Waals surface area contributed by atoms with Crippen LogP contribution in [-0.2, 0) is 20.7 Å². The van der Waals surface area contributed by atoms with Gasteiger partial charge in [-0.2, -0.15) is 0 Å². The molecule has 0 aliphatic carbocycles. The lowest BCUT2D eigenvalue weighted by Gasteiger charge is -2.37. The summed E-state index contributed by atoms with van der Waals surface area (Å²) in [6.07, 6.45) is 1.54. The molecule has 0 radical (unpaired) electrons. The van der Waals surface area contributed by atoms with E-state index >= 15 is 0 Å². The molecule has 0 bridgehead atoms. The summed E-state index contributed by atoms with van der Waals surface area (Å²) in [6.45, 7) is 8.02. The molecule has 32 heavy (non-hydrogen) atoms. The minimum absolute atomic E-state index is 0.0433. The number of nitrogens with zero attached hydrogens (tertiary/aromatic N) is 2. The average molecular weight is 459 g/mol. The van der Waals surface area contributed by atoms with Crippen molar-refractivity contribution >= 4 is 23.2 Å². The van der Waals surface area contributed by atoms with E-state index in [1.54, 1.807) is 23.3 Å². The molecule has 0 saturated heterocycles. The second-order valence-corrected chi connectivity index (χ2v) is 9.47. The van der Waals surface area contributed by atoms with Crippen molar-refractivity contribution in [2.45, 2.75) is 45.6 Å². The van der Waals surface area contributed by atoms with Crippen molar-refractivity contribution in [1.82, 2.24) is 9.80 Å². The summed E-state index contributed by atoms with van der Waals surface area (Å²) in [4.78, 5) is 30.1. The number of rotatable bonds is 10. The number of carbonyl (C=O) groups excluding carboxylic acids is 2. The fourth-order valence-corrected chi connectivity index (χ4v) is 4.93. The van der Waals surface area contributed by atoms with Gasteiger partial charge in [-0.25, -0.2) is 0 Å². The predicted octanol–water partition coefficient (Wildman–Crippen LogP) is 4.26. The third kappa shape index (κ3) is 6.11. The van der Waals surface area contributed by atoms with Gasteiger partial charge in [0.2, 0.25) is 11.8 Å². The molecule has 0 unspecified atom stereocenters. The number of fused-ring (bicyclic) bond motifs is 1. The molecule has 0 saturated carbocycles. The van der Waals surface area contributed by atoms with Crippen molar-refractivity contribution in [3.05, 3.63) is 51.7 Å². The van der Waals surface area contributed by atoms with Gasteiger partial charge in [-0.3, -0.25) is 9.59 Å². The molecule has 0 fully saturated rings. The highest BCUT2D eigenvalue weighted by molar-refractivity contribution is 7.10. The molecular weight excluding hydrogens is 424 g/mol. The first kappa shape index (κ1) is 24.3. The Morgan fingerprint density at radius 3 is 2.62 bits per heavy atom. The Bertz CT molecular complexity index is 894. The SMILES string of the molecule is COCCCN(CC(=O)N1CCc2sccc2[C@H]1COc1ccc(C(C)C)cc1)C(C)=O. The fraction of sp³-hybridized carbons (Fsp3) is 0.520. The fourth-order valence-electron chi connectivity index (χ4n) is 4.00. The Labute approximate surface area is 195 Å². The summed E-state index contributed by atoms with van der Waals surface area (Å²) in [7, 11) is 1.64. The number of ether oxygens (including phenoxy) is 2. The second-order valence-electron chi connectivity index (χ2n) is 8.47. The van der Waals surface area contributed by atoms with Crippen LogP contribution in [0.4, 0.5) is 0 Å². The summed E-state index contributed by atoms with van der Waals surface area (Å²) in [6, 6.07) is 10.1. The maximum atomic E-state index is 13.3. The van der Waals surface area contributed by atoms with Crippen LogP contribution in [0, 0.1) is 0 Å². The lowest BCUT2D eigenvalue weighted by Crippen LogP contribution is -2.47. The average Bonchev–Trinajstić information content (AvgIpc) is 3.26. The topological polar surface area (TPSA) is 59.1 Å². The number of benzene rings is 1. The van der Waals surface area contributed by atoms with Gasteiger partial charge in [-0.1, -0.05) is 26.0 Å². The minimum atomic E-state index is -0.157. The standard InChI is InChI=1S/C25H34N2O4S/c1-18(2)20-6-8-21(9-7-20)31-17-23-22-11-15-32-24(22)10-13-27(23)25(29)16-26(19(3)28)12-5-14-30-4/h6-9,11,15,18,23H,5,10,12-14,16-17H2,1-4H3/t23-/m1/s1. The smallest absolute Gasteiger partial charge is 0.242 e. The molecule has 174 valence electrons. The molecule has 1 atom stereocenters. The molecule has 1 aliphatic heterocycles. The maximum absolute atomic E-state index is 13.3. The zero-order chi connectivity index (χ0) is 23.1. The van der Waals surface area contributed by atoms with Gasteiger partial charge in [-0.15, -0.1) is 11.3 Å². The van der Waals surface area contributed by atoms with Crippen molar-refractivity contribution in [3.63, 3.8) is 0 Å². The summed E-state index contributed by atoms with van der Waals surface area (Å²) in [5.41, 5.74) is 2.42. The normalized spacial score (nSPS) is 15.5. The highest BCUT2D eigenvalue weighted by Crippen LogP contribution is 2.34. The van der Waals surface area contributed by atoms with E-state index < -0.39 is 0 Å². The van der Waals surface area contributed by atoms with E-state index in [-0.39, 0.29) is 24.4 Å². The molecule has 1 aromatic carbocycles. The van der Waals surface area contributed by atoms with Crippen molar-refractivity contribution in [1.29, 1.82) is 0 Å². The quantitative estimate of drug-likeness (QED) is 0.499. The first-order chi connectivity index (χ1) is 15.4. The predicted molar refractivity (Wildman–Crippen MR) is 127 cm³/mol. The molecular formula is C25H34N2O4S. The van der Waals surface area contributed by atoms with Crippen molar-refractivity contribution < 1.29 is 19.1 Å². The first-order valence-electron chi connectivity index (χ1n) is 11.2. The van der Waals surface area contributed by atoms with Gasteiger partial charge >= 0.3 is 0 Å². The van der Waals surface area contributed by atoms with Crippen LogP contribution < -0.4 is 4.74 Å². The van der Waals surface area contributed by atoms with Gasteiger partial charge in [0, 0.05) is 38.6 Å². The van der Waals surface area contributed by atoms with E-state index in [4.69, 9.17) is 9.47 Å². The van der Waals surface area contributed by atoms with Crippen LogP contribution in [0.2, 0.25) is 0 Å². The molecule has 2 amide bonds. The molecule has 3 rings (SSSR count). The zero-order valence-corrected chi connectivity index (χ0v) is 20.3. The summed E-state index contributed by atoms with van der Waals surface area (Å²) in [5, 5.41) is 2.08. The molecule has 1 aromatic heterocycles. The number of thiophene rings is 1. The lowest BCUT2D eigenvalue weighted by atomic mass is 10.00. The van der Waals surface area contributed by atoms with Gasteiger partial charge in [0.25, 0.3) is 0 Å². The third-order valence-corrected chi connectivity index (χ3v) is 6.91. The summed E-state index contributed by atoms with van der Waals surface area (Å²) >= 11 is 1.73. The molecule has 0 spiro atoms. The number of hydrogen-bond donors (Lipinski definition) is 0. The molecule has 2 aromatic rings. The highest BCUT2D eigenvalue weighted by atomic mass is 32.1. The number of carbonyl (C=O) groups is 2. The van der Waals surface area contributed by atoms with E-state index in [9.17, 15) is 9.59 Å². The van der Waals surface area contributed by atoms with Crippen LogP contribution in [0.3, 0.4) is 0 Å². The van der Waals surface area contributed by atoms with Gasteiger partial charge < -0.3 is 19.3 Å². The highest BCUT2D eigenvalue weighted by Gasteiger charge is 2.33. The molecule has 2 heterocycles. The molecule has 7 heteroatoms. The van der Waals surface area contributed by atoms with Crippen LogP contribution in [0.1, 0.15) is 55.2 Å². The van der Waals surface area contributed by atoms with Crippen molar-refractivity contribution in [2.75, 3.05) is 40.0 Å². The van der Waals surface area contributed by atoms with Gasteiger partial charge in [0.1, 0.15) is 12.4 Å². The van der Waals surface area contributed by atoms with Crippen LogP contribution in [0.25, 0.3) is 0 Å². The van der Waals surface area contributed by atoms with Crippen molar-refractivity contribution in [3.8, 4) is 5.75 Å². The van der Waals surface area contributed by atoms with Gasteiger partial charge in [0.15, 0.2) is 0 Å². The zero-order valence-electron chi connectivity index (χ0n) is 19.5. The van der Waals surface area contributed by atoms with Gasteiger partial charge in [-0.05, 0) is 53.5 Å². The van der Waals surface area contributed by atoms with Crippen molar-refractivity contribution in [2.24, 2.45) is 0 Å². The Morgan fingerprint density at radius 2 is 1.97 bits per heavy atom. The molecule has 0 N–H and O–H groups in total. The molecule has 1 aliphatic rings. The maximum Gasteiger partial charge on any atom is 0.242 e. The van der Waals surface area contributed by atoms with E-state index in [0.29, 0.717) is 38.6 Å². The van der Waals surface area contributed by atoms with Crippen LogP contribution in [0.5, 0.6) is 5.75 Å². The summed E-state index contributed by atoms with van der Waals surface area (Å²) in [5.74, 6) is 1.13. The van der Waals surface area contributed by atoms with E-state index in [0.717, 1.165) is 17.7 Å². The largest absolute Gasteiger partial charge is 0.491 e. The number of amides is 2. The van der Waals surface area contributed by atoms with Gasteiger partial charge in [0.05, 0.1) is 12.6 Å². The summed E-state index contributed by atoms with van der Waals surface area (Å²) < 4.78 is 11.2. The minimum Gasteiger partial charge on any atom is -0.491 e.